The molecule has 14 nitrogen and oxygen atoms in total. The zero-order valence-electron chi connectivity index (χ0n) is 24.5. The molecule has 0 saturated carbocycles. The molecule has 0 heterocycles. The van der Waals surface area contributed by atoms with Crippen LogP contribution in [-0.4, -0.2) is 109 Å². The van der Waals surface area contributed by atoms with E-state index in [1.165, 1.54) is 49.0 Å². The Morgan fingerprint density at radius 2 is 1.65 bits per heavy atom. The van der Waals surface area contributed by atoms with Crippen LogP contribution in [0.4, 0.5) is 0 Å². The molecule has 0 aliphatic rings. The van der Waals surface area contributed by atoms with Gasteiger partial charge in [0.05, 0.1) is 41.4 Å². The van der Waals surface area contributed by atoms with Gasteiger partial charge >= 0.3 is 14.8 Å². The number of nitriles is 1. The van der Waals surface area contributed by atoms with E-state index in [4.69, 9.17) is 27.3 Å². The van der Waals surface area contributed by atoms with Crippen molar-refractivity contribution in [2.24, 2.45) is 10.8 Å². The van der Waals surface area contributed by atoms with E-state index >= 15 is 0 Å². The largest absolute Gasteiger partial charge is 0.500 e. The van der Waals surface area contributed by atoms with Crippen molar-refractivity contribution in [2.75, 3.05) is 53.5 Å². The molecule has 4 N–H and O–H groups in total. The number of carbonyl (C=O) groups is 2. The number of hydrogen-bond acceptors (Lipinski definition) is 12. The first-order chi connectivity index (χ1) is 18.3. The van der Waals surface area contributed by atoms with Crippen LogP contribution in [-0.2, 0) is 42.5 Å². The fourth-order valence-corrected chi connectivity index (χ4v) is 6.73. The lowest BCUT2D eigenvalue weighted by molar-refractivity contribution is -0.148. The van der Waals surface area contributed by atoms with Crippen LogP contribution in [0.5, 0.6) is 0 Å². The van der Waals surface area contributed by atoms with Gasteiger partial charge in [-0.3, -0.25) is 14.1 Å². The van der Waals surface area contributed by atoms with Crippen LogP contribution in [0.1, 0.15) is 53.4 Å². The summed E-state index contributed by atoms with van der Waals surface area (Å²) in [5.41, 5.74) is -4.06. The smallest absolute Gasteiger partial charge is 0.463 e. The predicted octanol–water partition coefficient (Wildman–Crippen LogP) is 0.657. The maximum absolute atomic E-state index is 12.9. The Kier molecular flexibility index (Phi) is 16.0. The summed E-state index contributed by atoms with van der Waals surface area (Å²) in [6.07, 6.45) is -0.829. The molecule has 0 aromatic rings. The summed E-state index contributed by atoms with van der Waals surface area (Å²) in [6, 6.07) is 2.61. The molecule has 1 amide bonds. The molecular formula is C24H46N2O12SSi. The Balaban J connectivity index is 4.77. The minimum absolute atomic E-state index is 0.00362. The second-order valence-electron chi connectivity index (χ2n) is 10.9. The summed E-state index contributed by atoms with van der Waals surface area (Å²) in [4.78, 5) is 25.2. The molecule has 0 rings (SSSR count). The Morgan fingerprint density at radius 3 is 2.12 bits per heavy atom. The van der Waals surface area contributed by atoms with Crippen LogP contribution < -0.4 is 5.32 Å². The van der Waals surface area contributed by atoms with Crippen molar-refractivity contribution < 1.29 is 55.5 Å². The first-order valence-electron chi connectivity index (χ1n) is 12.7. The summed E-state index contributed by atoms with van der Waals surface area (Å²) in [5, 5.41) is 32.3. The Bertz CT molecular complexity index is 946. The van der Waals surface area contributed by atoms with Gasteiger partial charge in [0.1, 0.15) is 12.7 Å². The fourth-order valence-electron chi connectivity index (χ4n) is 4.06. The monoisotopic (exact) mass is 614 g/mol. The number of nitrogens with zero attached hydrogens (tertiary/aromatic N) is 1. The molecule has 0 bridgehead atoms. The van der Waals surface area contributed by atoms with E-state index in [0.29, 0.717) is 19.1 Å². The van der Waals surface area contributed by atoms with E-state index in [1.807, 2.05) is 0 Å². The molecule has 0 saturated heterocycles. The number of aliphatic hydroxyl groups excluding tert-OH is 2. The normalized spacial score (nSPS) is 16.3. The van der Waals surface area contributed by atoms with Crippen molar-refractivity contribution in [3.8, 4) is 6.07 Å². The quantitative estimate of drug-likeness (QED) is 0.0606. The minimum Gasteiger partial charge on any atom is -0.463 e. The third-order valence-electron chi connectivity index (χ3n) is 6.28. The fraction of sp³-hybridized carbons (Fsp3) is 0.875. The second-order valence-corrected chi connectivity index (χ2v) is 15.5. The first kappa shape index (κ1) is 38.3. The third kappa shape index (κ3) is 14.3. The summed E-state index contributed by atoms with van der Waals surface area (Å²) in [7, 11) is -2.55. The molecule has 0 fully saturated rings. The van der Waals surface area contributed by atoms with Gasteiger partial charge in [-0.25, -0.2) is 0 Å². The van der Waals surface area contributed by atoms with Gasteiger partial charge in [0.15, 0.2) is 0 Å². The lowest BCUT2D eigenvalue weighted by atomic mass is 9.71. The van der Waals surface area contributed by atoms with Gasteiger partial charge in [-0.2, -0.15) is 13.7 Å². The molecule has 0 aromatic carbocycles. The van der Waals surface area contributed by atoms with E-state index in [2.05, 4.69) is 11.4 Å². The summed E-state index contributed by atoms with van der Waals surface area (Å²) >= 11 is 0. The van der Waals surface area contributed by atoms with E-state index in [1.54, 1.807) is 0 Å². The molecule has 3 unspecified atom stereocenters. The number of rotatable bonds is 21. The van der Waals surface area contributed by atoms with Gasteiger partial charge in [0.2, 0.25) is 5.91 Å². The molecule has 40 heavy (non-hydrogen) atoms. The molecule has 234 valence electrons. The van der Waals surface area contributed by atoms with Gasteiger partial charge in [-0.15, -0.1) is 0 Å². The van der Waals surface area contributed by atoms with Gasteiger partial charge in [-0.1, -0.05) is 0 Å². The molecule has 0 aliphatic heterocycles. The van der Waals surface area contributed by atoms with Crippen molar-refractivity contribution in [3.63, 3.8) is 0 Å². The molecule has 0 radical (unpaired) electrons. The highest BCUT2D eigenvalue weighted by Crippen LogP contribution is 2.38. The van der Waals surface area contributed by atoms with Crippen LogP contribution >= 0.6 is 0 Å². The lowest BCUT2D eigenvalue weighted by Gasteiger charge is -2.36. The van der Waals surface area contributed by atoms with Gasteiger partial charge in [0, 0.05) is 40.4 Å². The van der Waals surface area contributed by atoms with Gasteiger partial charge < -0.3 is 38.3 Å². The molecule has 0 spiro atoms. The third-order valence-corrected chi connectivity index (χ3v) is 10.2. The maximum Gasteiger partial charge on any atom is 0.500 e. The number of amides is 1. The number of nitrogens with one attached hydrogen (secondary N) is 1. The SMILES string of the molecule is CO[Si](CCCOCC(O)COC(=O)CCC(C)(C#N)CC(C)(CO)C(=O)NC(C)(C)CS(=O)(=O)O)(OC)OC. The predicted molar refractivity (Wildman–Crippen MR) is 145 cm³/mol. The van der Waals surface area contributed by atoms with Gasteiger partial charge in [0.25, 0.3) is 10.1 Å². The number of esters is 1. The first-order valence-corrected chi connectivity index (χ1v) is 16.3. The average molecular weight is 615 g/mol. The lowest BCUT2D eigenvalue weighted by Crippen LogP contribution is -2.54. The van der Waals surface area contributed by atoms with Crippen LogP contribution in [0.2, 0.25) is 6.04 Å². The summed E-state index contributed by atoms with van der Waals surface area (Å²) in [6.45, 7) is 5.01. The Hall–Kier alpha value is -1.68. The highest BCUT2D eigenvalue weighted by atomic mass is 32.2. The number of ether oxygens (including phenoxy) is 2. The Morgan fingerprint density at radius 1 is 1.07 bits per heavy atom. The minimum atomic E-state index is -4.39. The molecule has 16 heteroatoms. The van der Waals surface area contributed by atoms with Crippen LogP contribution in [0.3, 0.4) is 0 Å². The van der Waals surface area contributed by atoms with E-state index < -0.39 is 65.6 Å². The standard InChI is InChI=1S/C24H46N2O12SSi/c1-22(2,18-39(31,32)33)26-21(30)24(4,17-27)15-23(3,16-25)10-9-20(29)38-14-19(28)13-37-11-8-12-40(34-5,35-6)36-7/h19,27-28H,8-15,17-18H2,1-7H3,(H,26,30)(H,31,32,33). The van der Waals surface area contributed by atoms with Crippen LogP contribution in [0.15, 0.2) is 0 Å². The number of aliphatic hydroxyl groups is 2. The van der Waals surface area contributed by atoms with E-state index in [-0.39, 0.29) is 32.5 Å². The summed E-state index contributed by atoms with van der Waals surface area (Å²) in [5.74, 6) is -2.13. The van der Waals surface area contributed by atoms with Crippen LogP contribution in [0.25, 0.3) is 0 Å². The van der Waals surface area contributed by atoms with Crippen molar-refractivity contribution in [1.82, 2.24) is 5.32 Å². The average Bonchev–Trinajstić information content (AvgIpc) is 2.86. The van der Waals surface area contributed by atoms with Crippen molar-refractivity contribution in [3.05, 3.63) is 0 Å². The van der Waals surface area contributed by atoms with Crippen molar-refractivity contribution in [2.45, 2.75) is 71.1 Å². The zero-order chi connectivity index (χ0) is 31.3. The van der Waals surface area contributed by atoms with E-state index in [0.717, 1.165) is 0 Å². The molecular weight excluding hydrogens is 568 g/mol. The number of hydrogen-bond donors (Lipinski definition) is 4. The second kappa shape index (κ2) is 16.7. The summed E-state index contributed by atoms with van der Waals surface area (Å²) < 4.78 is 58.0. The molecule has 0 aliphatic carbocycles. The van der Waals surface area contributed by atoms with E-state index in [9.17, 15) is 33.5 Å². The number of carbonyl (C=O) groups excluding carboxylic acids is 2. The highest BCUT2D eigenvalue weighted by molar-refractivity contribution is 7.85. The van der Waals surface area contributed by atoms with Crippen LogP contribution in [0, 0.1) is 22.2 Å². The van der Waals surface area contributed by atoms with Gasteiger partial charge in [-0.05, 0) is 47.0 Å². The Labute approximate surface area is 238 Å². The van der Waals surface area contributed by atoms with Crippen molar-refractivity contribution in [1.29, 1.82) is 5.26 Å². The molecule has 0 aromatic heterocycles. The molecule has 3 atom stereocenters. The van der Waals surface area contributed by atoms with Crippen molar-refractivity contribution >= 4 is 30.8 Å². The zero-order valence-corrected chi connectivity index (χ0v) is 26.3. The highest BCUT2D eigenvalue weighted by Gasteiger charge is 2.43. The maximum atomic E-state index is 12.9. The topological polar surface area (TPSA) is 211 Å².